The van der Waals surface area contributed by atoms with E-state index in [2.05, 4.69) is 47.2 Å². The fraction of sp³-hybridized carbons (Fsp3) is 0.333. The molecule has 3 rings (SSSR count). The van der Waals surface area contributed by atoms with Gasteiger partial charge in [-0.15, -0.1) is 0 Å². The second kappa shape index (κ2) is 5.80. The van der Waals surface area contributed by atoms with Crippen molar-refractivity contribution in [2.24, 2.45) is 0 Å². The van der Waals surface area contributed by atoms with Gasteiger partial charge in [0.1, 0.15) is 5.82 Å². The first-order valence-corrected chi connectivity index (χ1v) is 8.11. The Bertz CT molecular complexity index is 622. The molecule has 1 fully saturated rings. The van der Waals surface area contributed by atoms with Crippen molar-refractivity contribution in [3.63, 3.8) is 0 Å². The van der Waals surface area contributed by atoms with Gasteiger partial charge in [0.25, 0.3) is 0 Å². The molecule has 1 aliphatic rings. The summed E-state index contributed by atoms with van der Waals surface area (Å²) in [6, 6.07) is 11.7. The molecule has 0 spiro atoms. The summed E-state index contributed by atoms with van der Waals surface area (Å²) in [4.78, 5) is 0. The monoisotopic (exact) mass is 347 g/mol. The Morgan fingerprint density at radius 3 is 2.19 bits per heavy atom. The molecule has 0 aromatic heterocycles. The summed E-state index contributed by atoms with van der Waals surface area (Å²) in [7, 11) is 0. The van der Waals surface area contributed by atoms with Crippen LogP contribution in [0.5, 0.6) is 0 Å². The molecule has 110 valence electrons. The van der Waals surface area contributed by atoms with Crippen LogP contribution in [0.2, 0.25) is 0 Å². The predicted molar refractivity (Wildman–Crippen MR) is 89.4 cm³/mol. The Morgan fingerprint density at radius 2 is 1.62 bits per heavy atom. The highest BCUT2D eigenvalue weighted by Gasteiger charge is 2.30. The van der Waals surface area contributed by atoms with Crippen molar-refractivity contribution in [2.75, 3.05) is 5.32 Å². The number of hydrogen-bond acceptors (Lipinski definition) is 1. The Labute approximate surface area is 133 Å². The highest BCUT2D eigenvalue weighted by molar-refractivity contribution is 9.10. The van der Waals surface area contributed by atoms with Crippen molar-refractivity contribution >= 4 is 21.6 Å². The van der Waals surface area contributed by atoms with Gasteiger partial charge in [0.2, 0.25) is 0 Å². The molecule has 21 heavy (non-hydrogen) atoms. The van der Waals surface area contributed by atoms with E-state index in [9.17, 15) is 4.39 Å². The molecule has 0 atom stereocenters. The maximum Gasteiger partial charge on any atom is 0.123 e. The summed E-state index contributed by atoms with van der Waals surface area (Å²) in [5.74, 6) is 0.396. The molecule has 0 unspecified atom stereocenters. The van der Waals surface area contributed by atoms with E-state index in [1.54, 1.807) is 12.1 Å². The normalized spacial score (nSPS) is 21.0. The SMILES string of the molecule is Cc1cc(Br)cc(C)c1NC1CC(c2ccc(F)cc2)C1. The summed E-state index contributed by atoms with van der Waals surface area (Å²) in [5, 5.41) is 3.66. The molecular weight excluding hydrogens is 329 g/mol. The Morgan fingerprint density at radius 1 is 1.05 bits per heavy atom. The average molecular weight is 348 g/mol. The fourth-order valence-corrected chi connectivity index (χ4v) is 3.77. The quantitative estimate of drug-likeness (QED) is 0.765. The van der Waals surface area contributed by atoms with Gasteiger partial charge in [-0.2, -0.15) is 0 Å². The summed E-state index contributed by atoms with van der Waals surface area (Å²) < 4.78 is 14.1. The van der Waals surface area contributed by atoms with Gasteiger partial charge in [-0.05, 0) is 73.6 Å². The van der Waals surface area contributed by atoms with Crippen molar-refractivity contribution in [1.82, 2.24) is 0 Å². The third kappa shape index (κ3) is 3.13. The van der Waals surface area contributed by atoms with Crippen LogP contribution >= 0.6 is 15.9 Å². The molecule has 1 nitrogen and oxygen atoms in total. The van der Waals surface area contributed by atoms with Crippen molar-refractivity contribution in [3.8, 4) is 0 Å². The second-order valence-corrected chi connectivity index (χ2v) is 6.89. The molecule has 0 amide bonds. The highest BCUT2D eigenvalue weighted by atomic mass is 79.9. The molecule has 1 saturated carbocycles. The largest absolute Gasteiger partial charge is 0.382 e. The first kappa shape index (κ1) is 14.6. The van der Waals surface area contributed by atoms with Gasteiger partial charge in [-0.1, -0.05) is 28.1 Å². The van der Waals surface area contributed by atoms with Crippen LogP contribution in [0.1, 0.15) is 35.4 Å². The van der Waals surface area contributed by atoms with Crippen molar-refractivity contribution < 1.29 is 4.39 Å². The highest BCUT2D eigenvalue weighted by Crippen LogP contribution is 2.39. The van der Waals surface area contributed by atoms with Crippen LogP contribution in [-0.2, 0) is 0 Å². The van der Waals surface area contributed by atoms with E-state index < -0.39 is 0 Å². The first-order chi connectivity index (χ1) is 10.0. The van der Waals surface area contributed by atoms with Crippen LogP contribution in [0.15, 0.2) is 40.9 Å². The van der Waals surface area contributed by atoms with E-state index in [4.69, 9.17) is 0 Å². The zero-order chi connectivity index (χ0) is 15.0. The van der Waals surface area contributed by atoms with Crippen LogP contribution in [0.4, 0.5) is 10.1 Å². The lowest BCUT2D eigenvalue weighted by Crippen LogP contribution is -2.34. The summed E-state index contributed by atoms with van der Waals surface area (Å²) in [6.45, 7) is 4.27. The molecule has 1 N–H and O–H groups in total. The van der Waals surface area contributed by atoms with Gasteiger partial charge in [0.15, 0.2) is 0 Å². The maximum absolute atomic E-state index is 12.9. The molecule has 0 saturated heterocycles. The minimum atomic E-state index is -0.158. The number of anilines is 1. The molecule has 0 aliphatic heterocycles. The third-order valence-corrected chi connectivity index (χ3v) is 4.78. The van der Waals surface area contributed by atoms with Gasteiger partial charge >= 0.3 is 0 Å². The Balaban J connectivity index is 1.64. The lowest BCUT2D eigenvalue weighted by Gasteiger charge is -2.37. The van der Waals surface area contributed by atoms with E-state index >= 15 is 0 Å². The topological polar surface area (TPSA) is 12.0 Å². The second-order valence-electron chi connectivity index (χ2n) is 5.98. The average Bonchev–Trinajstić information content (AvgIpc) is 2.37. The number of nitrogens with one attached hydrogen (secondary N) is 1. The molecule has 2 aromatic carbocycles. The van der Waals surface area contributed by atoms with E-state index in [1.807, 2.05) is 12.1 Å². The number of rotatable bonds is 3. The summed E-state index contributed by atoms with van der Waals surface area (Å²) >= 11 is 3.53. The molecule has 0 heterocycles. The lowest BCUT2D eigenvalue weighted by molar-refractivity contribution is 0.373. The zero-order valence-corrected chi connectivity index (χ0v) is 13.9. The van der Waals surface area contributed by atoms with E-state index in [0.29, 0.717) is 12.0 Å². The fourth-order valence-electron chi connectivity index (χ4n) is 3.09. The smallest absolute Gasteiger partial charge is 0.123 e. The van der Waals surface area contributed by atoms with Crippen molar-refractivity contribution in [2.45, 2.75) is 38.6 Å². The summed E-state index contributed by atoms with van der Waals surface area (Å²) in [6.07, 6.45) is 2.22. The number of halogens is 2. The van der Waals surface area contributed by atoms with E-state index in [-0.39, 0.29) is 5.82 Å². The Kier molecular flexibility index (Phi) is 4.03. The predicted octanol–water partition coefficient (Wildman–Crippen LogP) is 5.56. The van der Waals surface area contributed by atoms with Crippen molar-refractivity contribution in [1.29, 1.82) is 0 Å². The van der Waals surface area contributed by atoms with Crippen LogP contribution in [0, 0.1) is 19.7 Å². The third-order valence-electron chi connectivity index (χ3n) is 4.33. The molecule has 3 heteroatoms. The number of benzene rings is 2. The first-order valence-electron chi connectivity index (χ1n) is 7.31. The minimum absolute atomic E-state index is 0.158. The number of hydrogen-bond donors (Lipinski definition) is 1. The van der Waals surface area contributed by atoms with Gasteiger partial charge in [-0.3, -0.25) is 0 Å². The summed E-state index contributed by atoms with van der Waals surface area (Å²) in [5.41, 5.74) is 5.04. The van der Waals surface area contributed by atoms with Gasteiger partial charge in [-0.25, -0.2) is 4.39 Å². The van der Waals surface area contributed by atoms with Gasteiger partial charge < -0.3 is 5.32 Å². The lowest BCUT2D eigenvalue weighted by atomic mass is 9.75. The zero-order valence-electron chi connectivity index (χ0n) is 12.3. The standard InChI is InChI=1S/C18H19BrFN/c1-11-7-15(19)8-12(2)18(11)21-17-9-14(10-17)13-3-5-16(20)6-4-13/h3-8,14,17,21H,9-10H2,1-2H3. The van der Waals surface area contributed by atoms with Crippen LogP contribution in [0.25, 0.3) is 0 Å². The van der Waals surface area contributed by atoms with Crippen molar-refractivity contribution in [3.05, 3.63) is 63.4 Å². The molecule has 2 aromatic rings. The Hall–Kier alpha value is -1.35. The molecule has 0 bridgehead atoms. The molecular formula is C18H19BrFN. The molecule has 0 radical (unpaired) electrons. The van der Waals surface area contributed by atoms with Crippen LogP contribution in [0.3, 0.4) is 0 Å². The van der Waals surface area contributed by atoms with E-state index in [1.165, 1.54) is 22.4 Å². The van der Waals surface area contributed by atoms with Gasteiger partial charge in [0, 0.05) is 16.2 Å². The minimum Gasteiger partial charge on any atom is -0.382 e. The number of aryl methyl sites for hydroxylation is 2. The van der Waals surface area contributed by atoms with Gasteiger partial charge in [0.05, 0.1) is 0 Å². The maximum atomic E-state index is 12.9. The van der Waals surface area contributed by atoms with Crippen LogP contribution in [-0.4, -0.2) is 6.04 Å². The van der Waals surface area contributed by atoms with E-state index in [0.717, 1.165) is 17.3 Å². The van der Waals surface area contributed by atoms with Crippen LogP contribution < -0.4 is 5.32 Å². The molecule has 1 aliphatic carbocycles.